The summed E-state index contributed by atoms with van der Waals surface area (Å²) in [5, 5.41) is 7.94. The summed E-state index contributed by atoms with van der Waals surface area (Å²) >= 11 is 3.38. The van der Waals surface area contributed by atoms with Crippen molar-refractivity contribution in [1.82, 2.24) is 20.4 Å². The van der Waals surface area contributed by atoms with Crippen LogP contribution in [-0.4, -0.2) is 22.1 Å². The fourth-order valence-corrected chi connectivity index (χ4v) is 2.55. The quantitative estimate of drug-likeness (QED) is 0.657. The molecule has 0 aliphatic carbocycles. The summed E-state index contributed by atoms with van der Waals surface area (Å²) in [6, 6.07) is 5.74. The third kappa shape index (κ3) is 2.63. The van der Waals surface area contributed by atoms with E-state index in [2.05, 4.69) is 31.7 Å². The highest BCUT2D eigenvalue weighted by Gasteiger charge is 2.21. The Kier molecular flexibility index (Phi) is 4.18. The molecule has 0 spiro atoms. The Morgan fingerprint density at radius 2 is 2.21 bits per heavy atom. The molecule has 0 saturated heterocycles. The molecule has 1 atom stereocenters. The highest BCUT2D eigenvalue weighted by atomic mass is 79.9. The van der Waals surface area contributed by atoms with E-state index in [0.29, 0.717) is 4.60 Å². The molecule has 0 radical (unpaired) electrons. The lowest BCUT2D eigenvalue weighted by atomic mass is 10.0. The summed E-state index contributed by atoms with van der Waals surface area (Å²) < 4.78 is 7.69. The first-order valence-corrected chi connectivity index (χ1v) is 6.53. The number of nitrogens with zero attached hydrogens (tertiary/aromatic N) is 3. The second kappa shape index (κ2) is 5.68. The summed E-state index contributed by atoms with van der Waals surface area (Å²) in [4.78, 5) is 0. The van der Waals surface area contributed by atoms with Crippen LogP contribution < -0.4 is 16.0 Å². The predicted molar refractivity (Wildman–Crippen MR) is 75.6 cm³/mol. The second-order valence-electron chi connectivity index (χ2n) is 4.22. The summed E-state index contributed by atoms with van der Waals surface area (Å²) in [5.74, 6) is 6.51. The van der Waals surface area contributed by atoms with Gasteiger partial charge in [-0.3, -0.25) is 5.84 Å². The molecule has 3 N–H and O–H groups in total. The number of hydrazine groups is 1. The van der Waals surface area contributed by atoms with Crippen LogP contribution in [0.3, 0.4) is 0 Å². The van der Waals surface area contributed by atoms with Crippen LogP contribution in [0, 0.1) is 6.92 Å². The van der Waals surface area contributed by atoms with Gasteiger partial charge in [-0.15, -0.1) is 5.10 Å². The second-order valence-corrected chi connectivity index (χ2v) is 4.97. The van der Waals surface area contributed by atoms with E-state index in [1.165, 1.54) is 0 Å². The van der Waals surface area contributed by atoms with Gasteiger partial charge < -0.3 is 4.74 Å². The number of benzene rings is 1. The minimum Gasteiger partial charge on any atom is -0.496 e. The van der Waals surface area contributed by atoms with Gasteiger partial charge in [0.2, 0.25) is 0 Å². The van der Waals surface area contributed by atoms with Crippen LogP contribution in [-0.2, 0) is 7.05 Å². The molecule has 0 aliphatic rings. The maximum Gasteiger partial charge on any atom is 0.153 e. The van der Waals surface area contributed by atoms with Crippen LogP contribution in [0.25, 0.3) is 0 Å². The minimum absolute atomic E-state index is 0.219. The molecule has 19 heavy (non-hydrogen) atoms. The molecular weight excluding hydrogens is 310 g/mol. The average molecular weight is 326 g/mol. The van der Waals surface area contributed by atoms with Crippen LogP contribution >= 0.6 is 15.9 Å². The van der Waals surface area contributed by atoms with Crippen LogP contribution in [0.5, 0.6) is 5.75 Å². The maximum atomic E-state index is 5.68. The zero-order valence-electron chi connectivity index (χ0n) is 11.0. The molecule has 0 fully saturated rings. The van der Waals surface area contributed by atoms with Crippen LogP contribution in [0.2, 0.25) is 0 Å². The van der Waals surface area contributed by atoms with Gasteiger partial charge in [0.15, 0.2) is 4.60 Å². The van der Waals surface area contributed by atoms with E-state index in [4.69, 9.17) is 10.6 Å². The molecule has 1 aromatic carbocycles. The fourth-order valence-electron chi connectivity index (χ4n) is 1.99. The Hall–Kier alpha value is -1.44. The van der Waals surface area contributed by atoms with E-state index in [1.54, 1.807) is 11.8 Å². The van der Waals surface area contributed by atoms with E-state index < -0.39 is 0 Å². The van der Waals surface area contributed by atoms with Crippen molar-refractivity contribution >= 4 is 15.9 Å². The molecule has 1 unspecified atom stereocenters. The molecule has 102 valence electrons. The molecule has 0 aliphatic heterocycles. The number of ether oxygens (including phenoxy) is 1. The van der Waals surface area contributed by atoms with Crippen molar-refractivity contribution in [3.8, 4) is 5.75 Å². The van der Waals surface area contributed by atoms with Gasteiger partial charge in [-0.1, -0.05) is 17.3 Å². The van der Waals surface area contributed by atoms with Crippen LogP contribution in [0.15, 0.2) is 22.8 Å². The molecule has 0 saturated carbocycles. The Morgan fingerprint density at radius 3 is 2.74 bits per heavy atom. The van der Waals surface area contributed by atoms with Crippen molar-refractivity contribution in [2.75, 3.05) is 7.11 Å². The van der Waals surface area contributed by atoms with Crippen molar-refractivity contribution in [3.05, 3.63) is 39.6 Å². The summed E-state index contributed by atoms with van der Waals surface area (Å²) in [6.07, 6.45) is 0. The van der Waals surface area contributed by atoms with E-state index in [1.807, 2.05) is 32.2 Å². The fraction of sp³-hybridized carbons (Fsp3) is 0.333. The smallest absolute Gasteiger partial charge is 0.153 e. The number of nitrogens with two attached hydrogens (primary N) is 1. The number of hydrogen-bond acceptors (Lipinski definition) is 5. The standard InChI is InChI=1S/C12H16BrN5O/c1-7-4-5-8(6-9(7)19-3)10(15-14)11-12(13)16-17-18(11)2/h4-6,10,15H,14H2,1-3H3. The van der Waals surface area contributed by atoms with Gasteiger partial charge in [0.05, 0.1) is 18.8 Å². The molecular formula is C12H16BrN5O. The lowest BCUT2D eigenvalue weighted by molar-refractivity contribution is 0.410. The topological polar surface area (TPSA) is 78.0 Å². The Balaban J connectivity index is 2.48. The SMILES string of the molecule is COc1cc(C(NN)c2c(Br)nnn2C)ccc1C. The average Bonchev–Trinajstić information content (AvgIpc) is 2.73. The van der Waals surface area contributed by atoms with Gasteiger partial charge in [-0.25, -0.2) is 10.1 Å². The molecule has 1 aromatic heterocycles. The van der Waals surface area contributed by atoms with Gasteiger partial charge >= 0.3 is 0 Å². The molecule has 7 heteroatoms. The maximum absolute atomic E-state index is 5.68. The van der Waals surface area contributed by atoms with Gasteiger partial charge in [-0.2, -0.15) is 0 Å². The van der Waals surface area contributed by atoms with Gasteiger partial charge in [0.25, 0.3) is 0 Å². The molecule has 0 amide bonds. The molecule has 6 nitrogen and oxygen atoms in total. The number of aromatic nitrogens is 3. The monoisotopic (exact) mass is 325 g/mol. The third-order valence-corrected chi connectivity index (χ3v) is 3.60. The van der Waals surface area contributed by atoms with Crippen molar-refractivity contribution < 1.29 is 4.74 Å². The van der Waals surface area contributed by atoms with E-state index in [-0.39, 0.29) is 6.04 Å². The number of rotatable bonds is 4. The van der Waals surface area contributed by atoms with E-state index in [0.717, 1.165) is 22.6 Å². The first-order chi connectivity index (χ1) is 9.08. The first kappa shape index (κ1) is 14.0. The lowest BCUT2D eigenvalue weighted by Gasteiger charge is -2.18. The predicted octanol–water partition coefficient (Wildman–Crippen LogP) is 1.45. The first-order valence-electron chi connectivity index (χ1n) is 5.74. The zero-order chi connectivity index (χ0) is 14.0. The van der Waals surface area contributed by atoms with Crippen molar-refractivity contribution in [2.45, 2.75) is 13.0 Å². The van der Waals surface area contributed by atoms with Gasteiger partial charge in [0, 0.05) is 7.05 Å². The Labute approximate surface area is 120 Å². The Morgan fingerprint density at radius 1 is 1.47 bits per heavy atom. The molecule has 2 aromatic rings. The summed E-state index contributed by atoms with van der Waals surface area (Å²) in [5.41, 5.74) is 5.70. The van der Waals surface area contributed by atoms with Gasteiger partial charge in [-0.05, 0) is 40.0 Å². The molecule has 2 rings (SSSR count). The number of aryl methyl sites for hydroxylation is 2. The highest BCUT2D eigenvalue weighted by molar-refractivity contribution is 9.10. The van der Waals surface area contributed by atoms with E-state index >= 15 is 0 Å². The minimum atomic E-state index is -0.219. The third-order valence-electron chi connectivity index (χ3n) is 3.03. The van der Waals surface area contributed by atoms with Crippen molar-refractivity contribution in [2.24, 2.45) is 12.9 Å². The Bertz CT molecular complexity index is 564. The van der Waals surface area contributed by atoms with Crippen LogP contribution in [0.4, 0.5) is 0 Å². The summed E-state index contributed by atoms with van der Waals surface area (Å²) in [6.45, 7) is 2.00. The molecule has 1 heterocycles. The number of nitrogens with one attached hydrogen (secondary N) is 1. The van der Waals surface area contributed by atoms with Gasteiger partial charge in [0.1, 0.15) is 5.75 Å². The summed E-state index contributed by atoms with van der Waals surface area (Å²) in [7, 11) is 3.47. The lowest BCUT2D eigenvalue weighted by Crippen LogP contribution is -2.30. The largest absolute Gasteiger partial charge is 0.496 e. The van der Waals surface area contributed by atoms with Crippen molar-refractivity contribution in [1.29, 1.82) is 0 Å². The number of hydrogen-bond donors (Lipinski definition) is 2. The number of methoxy groups -OCH3 is 1. The zero-order valence-corrected chi connectivity index (χ0v) is 12.6. The highest BCUT2D eigenvalue weighted by Crippen LogP contribution is 2.29. The van der Waals surface area contributed by atoms with E-state index in [9.17, 15) is 0 Å². The normalized spacial score (nSPS) is 12.5. The number of halogens is 1. The molecule has 0 bridgehead atoms. The van der Waals surface area contributed by atoms with Crippen molar-refractivity contribution in [3.63, 3.8) is 0 Å². The van der Waals surface area contributed by atoms with Crippen LogP contribution in [0.1, 0.15) is 22.9 Å².